The van der Waals surface area contributed by atoms with E-state index in [-0.39, 0.29) is 23.8 Å². The van der Waals surface area contributed by atoms with Crippen molar-refractivity contribution in [2.45, 2.75) is 18.9 Å². The Labute approximate surface area is 137 Å². The van der Waals surface area contributed by atoms with Crippen molar-refractivity contribution >= 4 is 17.9 Å². The summed E-state index contributed by atoms with van der Waals surface area (Å²) in [4.78, 5) is 25.8. The number of ether oxygens (including phenoxy) is 1. The number of hydrogen-bond acceptors (Lipinski definition) is 3. The second-order valence-corrected chi connectivity index (χ2v) is 5.73. The lowest BCUT2D eigenvalue weighted by atomic mass is 9.91. The van der Waals surface area contributed by atoms with E-state index >= 15 is 0 Å². The van der Waals surface area contributed by atoms with E-state index in [1.54, 1.807) is 25.1 Å². The van der Waals surface area contributed by atoms with Crippen LogP contribution in [0, 0.1) is 5.92 Å². The molecule has 0 radical (unpaired) electrons. The quantitative estimate of drug-likeness (QED) is 0.841. The lowest BCUT2D eigenvalue weighted by molar-refractivity contribution is -0.133. The van der Waals surface area contributed by atoms with Crippen LogP contribution in [-0.2, 0) is 14.3 Å². The first-order valence-corrected chi connectivity index (χ1v) is 7.89. The van der Waals surface area contributed by atoms with Gasteiger partial charge in [0, 0.05) is 45.7 Å². The van der Waals surface area contributed by atoms with Crippen molar-refractivity contribution in [1.82, 2.24) is 10.2 Å². The number of likely N-dealkylation sites (tertiary alicyclic amines) is 1. The molecule has 0 bridgehead atoms. The molecule has 124 valence electrons. The number of piperidine rings is 1. The van der Waals surface area contributed by atoms with Gasteiger partial charge in [-0.2, -0.15) is 0 Å². The van der Waals surface area contributed by atoms with Gasteiger partial charge < -0.3 is 15.0 Å². The number of nitrogens with zero attached hydrogens (tertiary/aromatic N) is 1. The zero-order valence-corrected chi connectivity index (χ0v) is 13.7. The molecule has 0 saturated carbocycles. The molecule has 0 unspecified atom stereocenters. The van der Waals surface area contributed by atoms with Crippen LogP contribution in [0.3, 0.4) is 0 Å². The predicted molar refractivity (Wildman–Crippen MR) is 89.6 cm³/mol. The predicted octanol–water partition coefficient (Wildman–Crippen LogP) is 1.70. The number of carbonyl (C=O) groups excluding carboxylic acids is 2. The van der Waals surface area contributed by atoms with Crippen molar-refractivity contribution in [3.63, 3.8) is 0 Å². The highest BCUT2D eigenvalue weighted by Crippen LogP contribution is 2.23. The van der Waals surface area contributed by atoms with E-state index in [1.165, 1.54) is 0 Å². The van der Waals surface area contributed by atoms with Crippen molar-refractivity contribution in [3.8, 4) is 0 Å². The molecule has 23 heavy (non-hydrogen) atoms. The van der Waals surface area contributed by atoms with E-state index in [0.717, 1.165) is 12.0 Å². The maximum Gasteiger partial charge on any atom is 0.246 e. The summed E-state index contributed by atoms with van der Waals surface area (Å²) in [6.07, 6.45) is 4.57. The van der Waals surface area contributed by atoms with Gasteiger partial charge >= 0.3 is 0 Å². The highest BCUT2D eigenvalue weighted by molar-refractivity contribution is 5.91. The smallest absolute Gasteiger partial charge is 0.246 e. The Bertz CT molecular complexity index is 557. The standard InChI is InChI=1S/C18H24N2O3/c1-19-17(21)12-15-13-20(11-10-16(15)23-2)18(22)9-8-14-6-4-3-5-7-14/h3-9,15-16H,10-13H2,1-2H3,(H,19,21)/t15-,16-/m1/s1. The first kappa shape index (κ1) is 17.2. The fourth-order valence-electron chi connectivity index (χ4n) is 2.89. The molecule has 1 fully saturated rings. The molecule has 0 aliphatic carbocycles. The Hall–Kier alpha value is -2.14. The van der Waals surface area contributed by atoms with Gasteiger partial charge in [0.25, 0.3) is 0 Å². The molecule has 2 amide bonds. The Morgan fingerprint density at radius 2 is 2.09 bits per heavy atom. The van der Waals surface area contributed by atoms with Gasteiger partial charge in [-0.3, -0.25) is 9.59 Å². The molecule has 2 atom stereocenters. The molecule has 1 aromatic rings. The summed E-state index contributed by atoms with van der Waals surface area (Å²) in [7, 11) is 3.28. The van der Waals surface area contributed by atoms with Gasteiger partial charge in [0.1, 0.15) is 0 Å². The van der Waals surface area contributed by atoms with Gasteiger partial charge in [-0.25, -0.2) is 0 Å². The van der Waals surface area contributed by atoms with E-state index in [9.17, 15) is 9.59 Å². The van der Waals surface area contributed by atoms with Crippen LogP contribution in [-0.4, -0.2) is 50.1 Å². The monoisotopic (exact) mass is 316 g/mol. The lowest BCUT2D eigenvalue weighted by Gasteiger charge is -2.37. The maximum absolute atomic E-state index is 12.4. The second kappa shape index (κ2) is 8.48. The van der Waals surface area contributed by atoms with Gasteiger partial charge in [0.2, 0.25) is 11.8 Å². The first-order valence-electron chi connectivity index (χ1n) is 7.89. The lowest BCUT2D eigenvalue weighted by Crippen LogP contribution is -2.47. The van der Waals surface area contributed by atoms with Crippen molar-refractivity contribution < 1.29 is 14.3 Å². The Balaban J connectivity index is 1.98. The summed E-state index contributed by atoms with van der Waals surface area (Å²) in [6.45, 7) is 1.20. The number of carbonyl (C=O) groups is 2. The molecular weight excluding hydrogens is 292 g/mol. The number of methoxy groups -OCH3 is 1. The minimum absolute atomic E-state index is 0.0221. The molecule has 1 aromatic carbocycles. The third-order valence-corrected chi connectivity index (χ3v) is 4.22. The molecule has 2 rings (SSSR count). The van der Waals surface area contributed by atoms with Crippen molar-refractivity contribution in [1.29, 1.82) is 0 Å². The Kier molecular flexibility index (Phi) is 6.35. The van der Waals surface area contributed by atoms with Crippen molar-refractivity contribution in [2.24, 2.45) is 5.92 Å². The molecule has 1 aliphatic rings. The maximum atomic E-state index is 12.4. The second-order valence-electron chi connectivity index (χ2n) is 5.73. The molecule has 1 saturated heterocycles. The summed E-state index contributed by atoms with van der Waals surface area (Å²) in [5.74, 6) is -0.0146. The molecule has 5 heteroatoms. The highest BCUT2D eigenvalue weighted by Gasteiger charge is 2.32. The van der Waals surface area contributed by atoms with Gasteiger partial charge in [-0.05, 0) is 18.1 Å². The average molecular weight is 316 g/mol. The van der Waals surface area contributed by atoms with E-state index in [2.05, 4.69) is 5.32 Å². The van der Waals surface area contributed by atoms with Crippen LogP contribution in [0.1, 0.15) is 18.4 Å². The number of amides is 2. The number of rotatable bonds is 5. The van der Waals surface area contributed by atoms with Crippen LogP contribution in [0.25, 0.3) is 6.08 Å². The highest BCUT2D eigenvalue weighted by atomic mass is 16.5. The summed E-state index contributed by atoms with van der Waals surface area (Å²) in [6, 6.07) is 9.73. The van der Waals surface area contributed by atoms with Crippen LogP contribution in [0.15, 0.2) is 36.4 Å². The van der Waals surface area contributed by atoms with Gasteiger partial charge in [-0.15, -0.1) is 0 Å². The van der Waals surface area contributed by atoms with Gasteiger partial charge in [0.05, 0.1) is 6.10 Å². The number of nitrogens with one attached hydrogen (secondary N) is 1. The van der Waals surface area contributed by atoms with Crippen LogP contribution < -0.4 is 5.32 Å². The van der Waals surface area contributed by atoms with E-state index in [0.29, 0.717) is 19.5 Å². The summed E-state index contributed by atoms with van der Waals surface area (Å²) in [5, 5.41) is 2.64. The summed E-state index contributed by atoms with van der Waals surface area (Å²) in [5.41, 5.74) is 0.995. The SMILES string of the molecule is CNC(=O)C[C@@H]1CN(C(=O)C=Cc2ccccc2)CC[C@H]1OC. The molecule has 5 nitrogen and oxygen atoms in total. The third kappa shape index (κ3) is 4.93. The largest absolute Gasteiger partial charge is 0.381 e. The molecule has 1 N–H and O–H groups in total. The van der Waals surface area contributed by atoms with Gasteiger partial charge in [-0.1, -0.05) is 30.3 Å². The number of benzene rings is 1. The number of hydrogen-bond donors (Lipinski definition) is 1. The molecule has 1 heterocycles. The summed E-state index contributed by atoms with van der Waals surface area (Å²) >= 11 is 0. The van der Waals surface area contributed by atoms with Crippen LogP contribution in [0.2, 0.25) is 0 Å². The van der Waals surface area contributed by atoms with E-state index in [1.807, 2.05) is 36.4 Å². The average Bonchev–Trinajstić information content (AvgIpc) is 2.60. The fourth-order valence-corrected chi connectivity index (χ4v) is 2.89. The normalized spacial score (nSPS) is 21.4. The minimum Gasteiger partial charge on any atom is -0.381 e. The zero-order chi connectivity index (χ0) is 16.7. The fraction of sp³-hybridized carbons (Fsp3) is 0.444. The molecular formula is C18H24N2O3. The Morgan fingerprint density at radius 3 is 2.74 bits per heavy atom. The Morgan fingerprint density at radius 1 is 1.35 bits per heavy atom. The van der Waals surface area contributed by atoms with E-state index in [4.69, 9.17) is 4.74 Å². The zero-order valence-electron chi connectivity index (χ0n) is 13.7. The van der Waals surface area contributed by atoms with Gasteiger partial charge in [0.15, 0.2) is 0 Å². The van der Waals surface area contributed by atoms with Crippen LogP contribution in [0.5, 0.6) is 0 Å². The summed E-state index contributed by atoms with van der Waals surface area (Å²) < 4.78 is 5.47. The van der Waals surface area contributed by atoms with E-state index < -0.39 is 0 Å². The van der Waals surface area contributed by atoms with Crippen molar-refractivity contribution in [2.75, 3.05) is 27.2 Å². The molecule has 0 spiro atoms. The third-order valence-electron chi connectivity index (χ3n) is 4.22. The molecule has 0 aromatic heterocycles. The molecule has 1 aliphatic heterocycles. The van der Waals surface area contributed by atoms with Crippen LogP contribution >= 0.6 is 0 Å². The van der Waals surface area contributed by atoms with Crippen LogP contribution in [0.4, 0.5) is 0 Å². The topological polar surface area (TPSA) is 58.6 Å². The minimum atomic E-state index is -0.0229. The first-order chi connectivity index (χ1) is 11.1. The van der Waals surface area contributed by atoms with Crippen molar-refractivity contribution in [3.05, 3.63) is 42.0 Å².